The third-order valence-corrected chi connectivity index (χ3v) is 4.54. The minimum absolute atomic E-state index is 0.0882. The molecule has 0 N–H and O–H groups in total. The molecule has 1 atom stereocenters. The average Bonchev–Trinajstić information content (AvgIpc) is 2.71. The summed E-state index contributed by atoms with van der Waals surface area (Å²) in [5.74, 6) is -0.149. The summed E-state index contributed by atoms with van der Waals surface area (Å²) in [5.41, 5.74) is 2.27. The second kappa shape index (κ2) is 4.30. The molecule has 0 aromatic heterocycles. The van der Waals surface area contributed by atoms with Crippen molar-refractivity contribution in [1.82, 2.24) is 0 Å². The summed E-state index contributed by atoms with van der Waals surface area (Å²) in [4.78, 5) is 23.9. The minimum Gasteiger partial charge on any atom is -0.468 e. The molecule has 0 radical (unpaired) electrons. The second-order valence-electron chi connectivity index (χ2n) is 5.08. The van der Waals surface area contributed by atoms with Crippen molar-refractivity contribution in [3.63, 3.8) is 0 Å². The summed E-state index contributed by atoms with van der Waals surface area (Å²) in [7, 11) is 1.41. The number of fused-ring (bicyclic) bond motifs is 3. The van der Waals surface area contributed by atoms with Crippen LogP contribution in [0.4, 0.5) is 0 Å². The van der Waals surface area contributed by atoms with Crippen LogP contribution < -0.4 is 0 Å². The third-order valence-electron chi connectivity index (χ3n) is 4.04. The number of carbonyl (C=O) groups excluding carboxylic acids is 2. The highest BCUT2D eigenvalue weighted by atomic mass is 79.9. The molecule has 0 spiro atoms. The number of ketones is 1. The molecular weight excluding hydrogens is 308 g/mol. The molecule has 1 aromatic rings. The zero-order valence-electron chi connectivity index (χ0n) is 10.5. The summed E-state index contributed by atoms with van der Waals surface area (Å²) >= 11 is 3.45. The molecule has 19 heavy (non-hydrogen) atoms. The Morgan fingerprint density at radius 1 is 1.42 bits per heavy atom. The van der Waals surface area contributed by atoms with Gasteiger partial charge in [-0.25, -0.2) is 0 Å². The van der Waals surface area contributed by atoms with Crippen LogP contribution >= 0.6 is 15.9 Å². The maximum atomic E-state index is 12.2. The molecular formula is C15H13BrO3. The van der Waals surface area contributed by atoms with Gasteiger partial charge in [0.2, 0.25) is 0 Å². The lowest BCUT2D eigenvalue weighted by molar-refractivity contribution is -0.149. The average molecular weight is 321 g/mol. The molecule has 0 unspecified atom stereocenters. The normalized spacial score (nSPS) is 24.5. The van der Waals surface area contributed by atoms with E-state index in [2.05, 4.69) is 15.9 Å². The summed E-state index contributed by atoms with van der Waals surface area (Å²) in [6.07, 6.45) is 3.19. The van der Waals surface area contributed by atoms with E-state index in [4.69, 9.17) is 4.74 Å². The first-order valence-electron chi connectivity index (χ1n) is 6.19. The molecule has 0 fully saturated rings. The van der Waals surface area contributed by atoms with Gasteiger partial charge in [-0.1, -0.05) is 22.0 Å². The number of methoxy groups -OCH3 is 1. The third kappa shape index (κ3) is 1.77. The molecule has 0 aliphatic heterocycles. The maximum Gasteiger partial charge on any atom is 0.316 e. The van der Waals surface area contributed by atoms with Crippen molar-refractivity contribution in [3.05, 3.63) is 39.9 Å². The quantitative estimate of drug-likeness (QED) is 0.747. The molecule has 0 amide bonds. The summed E-state index contributed by atoms with van der Waals surface area (Å²) in [6.45, 7) is 0. The largest absolute Gasteiger partial charge is 0.468 e. The Morgan fingerprint density at radius 3 is 2.95 bits per heavy atom. The Balaban J connectivity index is 2.20. The number of ether oxygens (including phenoxy) is 1. The predicted octanol–water partition coefficient (Wildman–Crippen LogP) is 2.91. The van der Waals surface area contributed by atoms with E-state index < -0.39 is 5.41 Å². The Kier molecular flexibility index (Phi) is 2.86. The van der Waals surface area contributed by atoms with Gasteiger partial charge in [0.05, 0.1) is 12.5 Å². The molecule has 3 nitrogen and oxygen atoms in total. The minimum atomic E-state index is -0.661. The second-order valence-corrected chi connectivity index (χ2v) is 5.99. The highest BCUT2D eigenvalue weighted by Crippen LogP contribution is 2.52. The van der Waals surface area contributed by atoms with Crippen molar-refractivity contribution in [2.45, 2.75) is 19.3 Å². The zero-order valence-corrected chi connectivity index (χ0v) is 12.1. The van der Waals surface area contributed by atoms with Crippen LogP contribution in [0.15, 0.2) is 28.7 Å². The number of carbonyl (C=O) groups is 2. The van der Waals surface area contributed by atoms with Crippen LogP contribution in [-0.2, 0) is 20.7 Å². The highest BCUT2D eigenvalue weighted by molar-refractivity contribution is 9.10. The monoisotopic (exact) mass is 320 g/mol. The van der Waals surface area contributed by atoms with Gasteiger partial charge in [-0.3, -0.25) is 9.59 Å². The molecule has 2 aliphatic carbocycles. The topological polar surface area (TPSA) is 43.4 Å². The van der Waals surface area contributed by atoms with E-state index in [0.29, 0.717) is 19.3 Å². The SMILES string of the molecule is COC(=O)[C@@]12CCC(=O)C=C1c1ccc(Br)cc1C2. The van der Waals surface area contributed by atoms with E-state index in [1.54, 1.807) is 6.08 Å². The van der Waals surface area contributed by atoms with Gasteiger partial charge in [-0.05, 0) is 47.8 Å². The molecule has 3 rings (SSSR count). The molecule has 98 valence electrons. The smallest absolute Gasteiger partial charge is 0.316 e. The van der Waals surface area contributed by atoms with Gasteiger partial charge in [0.15, 0.2) is 5.78 Å². The number of rotatable bonds is 1. The number of hydrogen-bond donors (Lipinski definition) is 0. The first-order chi connectivity index (χ1) is 9.06. The molecule has 4 heteroatoms. The lowest BCUT2D eigenvalue weighted by Crippen LogP contribution is -2.35. The number of hydrogen-bond acceptors (Lipinski definition) is 3. The van der Waals surface area contributed by atoms with Crippen LogP contribution in [0.5, 0.6) is 0 Å². The summed E-state index contributed by atoms with van der Waals surface area (Å²) < 4.78 is 5.97. The van der Waals surface area contributed by atoms with Gasteiger partial charge in [-0.2, -0.15) is 0 Å². The lowest BCUT2D eigenvalue weighted by Gasteiger charge is -2.30. The van der Waals surface area contributed by atoms with Crippen molar-refractivity contribution in [2.75, 3.05) is 7.11 Å². The van der Waals surface area contributed by atoms with Gasteiger partial charge in [0, 0.05) is 10.9 Å². The molecule has 0 bridgehead atoms. The Labute approximate surface area is 119 Å². The fourth-order valence-corrected chi connectivity index (χ4v) is 3.55. The van der Waals surface area contributed by atoms with Crippen LogP contribution in [0.3, 0.4) is 0 Å². The fourth-order valence-electron chi connectivity index (χ4n) is 3.14. The predicted molar refractivity (Wildman–Crippen MR) is 74.5 cm³/mol. The highest BCUT2D eigenvalue weighted by Gasteiger charge is 2.50. The van der Waals surface area contributed by atoms with Gasteiger partial charge < -0.3 is 4.74 Å². The van der Waals surface area contributed by atoms with E-state index in [-0.39, 0.29) is 11.8 Å². The maximum absolute atomic E-state index is 12.2. The standard InChI is InChI=1S/C15H13BrO3/c1-19-14(18)15-5-4-11(17)7-13(15)12-3-2-10(16)6-9(12)8-15/h2-3,6-7H,4-5,8H2,1H3/t15-/m1/s1. The Bertz CT molecular complexity index is 618. The van der Waals surface area contributed by atoms with Gasteiger partial charge in [0.25, 0.3) is 0 Å². The lowest BCUT2D eigenvalue weighted by atomic mass is 9.72. The number of allylic oxidation sites excluding steroid dienone is 1. The van der Waals surface area contributed by atoms with E-state index >= 15 is 0 Å². The van der Waals surface area contributed by atoms with Crippen LogP contribution in [0.25, 0.3) is 5.57 Å². The van der Waals surface area contributed by atoms with Crippen molar-refractivity contribution < 1.29 is 14.3 Å². The summed E-state index contributed by atoms with van der Waals surface area (Å²) in [6, 6.07) is 5.92. The fraction of sp³-hybridized carbons (Fsp3) is 0.333. The Hall–Kier alpha value is -1.42. The van der Waals surface area contributed by atoms with Crippen LogP contribution in [-0.4, -0.2) is 18.9 Å². The van der Waals surface area contributed by atoms with E-state index in [9.17, 15) is 9.59 Å². The van der Waals surface area contributed by atoms with E-state index in [0.717, 1.165) is 21.2 Å². The zero-order chi connectivity index (χ0) is 13.6. The van der Waals surface area contributed by atoms with Gasteiger partial charge >= 0.3 is 5.97 Å². The van der Waals surface area contributed by atoms with E-state index in [1.165, 1.54) is 7.11 Å². The Morgan fingerprint density at radius 2 is 2.21 bits per heavy atom. The number of halogens is 1. The number of esters is 1. The summed E-state index contributed by atoms with van der Waals surface area (Å²) in [5, 5.41) is 0. The molecule has 1 aromatic carbocycles. The molecule has 0 saturated heterocycles. The molecule has 2 aliphatic rings. The van der Waals surface area contributed by atoms with Crippen LogP contribution in [0.1, 0.15) is 24.0 Å². The van der Waals surface area contributed by atoms with Crippen LogP contribution in [0, 0.1) is 5.41 Å². The van der Waals surface area contributed by atoms with Gasteiger partial charge in [-0.15, -0.1) is 0 Å². The van der Waals surface area contributed by atoms with Crippen molar-refractivity contribution in [3.8, 4) is 0 Å². The van der Waals surface area contributed by atoms with E-state index in [1.807, 2.05) is 18.2 Å². The van der Waals surface area contributed by atoms with Crippen molar-refractivity contribution in [1.29, 1.82) is 0 Å². The van der Waals surface area contributed by atoms with Crippen molar-refractivity contribution >= 4 is 33.3 Å². The van der Waals surface area contributed by atoms with Crippen molar-refractivity contribution in [2.24, 2.45) is 5.41 Å². The molecule has 0 heterocycles. The molecule has 0 saturated carbocycles. The first-order valence-corrected chi connectivity index (χ1v) is 6.98. The first kappa shape index (κ1) is 12.6. The van der Waals surface area contributed by atoms with Gasteiger partial charge in [0.1, 0.15) is 0 Å². The van der Waals surface area contributed by atoms with Crippen LogP contribution in [0.2, 0.25) is 0 Å². The number of benzene rings is 1.